The zero-order chi connectivity index (χ0) is 20.4. The van der Waals surface area contributed by atoms with Gasteiger partial charge in [-0.1, -0.05) is 42.8 Å². The standard InChI is InChI=1S/C20H25NO.C2H2O4/c1-17-6-5-7-20(14-17)22-16-19-10-8-18(9-11-19)15-21-12-3-2-4-13-21;3-1(4)2(5)6/h5-11,14H,2-4,12-13,15-16H2,1H3;(H,3,4)(H,5,6). The molecule has 3 rings (SSSR count). The number of hydrogen-bond acceptors (Lipinski definition) is 4. The topological polar surface area (TPSA) is 87.1 Å². The quantitative estimate of drug-likeness (QED) is 0.763. The zero-order valence-electron chi connectivity index (χ0n) is 16.1. The van der Waals surface area contributed by atoms with Crippen molar-refractivity contribution in [1.82, 2.24) is 4.90 Å². The molecule has 0 aliphatic carbocycles. The Labute approximate surface area is 165 Å². The van der Waals surface area contributed by atoms with E-state index in [-0.39, 0.29) is 0 Å². The highest BCUT2D eigenvalue weighted by molar-refractivity contribution is 6.27. The number of carbonyl (C=O) groups is 2. The van der Waals surface area contributed by atoms with Crippen LogP contribution in [0, 0.1) is 6.92 Å². The normalized spacial score (nSPS) is 13.9. The Morgan fingerprint density at radius 2 is 1.54 bits per heavy atom. The summed E-state index contributed by atoms with van der Waals surface area (Å²) in [7, 11) is 0. The maximum atomic E-state index is 9.10. The number of piperidine rings is 1. The Morgan fingerprint density at radius 3 is 2.11 bits per heavy atom. The Morgan fingerprint density at radius 1 is 0.929 bits per heavy atom. The van der Waals surface area contributed by atoms with Crippen LogP contribution >= 0.6 is 0 Å². The largest absolute Gasteiger partial charge is 0.489 e. The van der Waals surface area contributed by atoms with Crippen LogP contribution in [0.25, 0.3) is 0 Å². The average Bonchev–Trinajstić information content (AvgIpc) is 2.69. The molecule has 0 atom stereocenters. The summed E-state index contributed by atoms with van der Waals surface area (Å²) in [6.45, 7) is 6.30. The van der Waals surface area contributed by atoms with E-state index < -0.39 is 11.9 Å². The van der Waals surface area contributed by atoms with Gasteiger partial charge in [-0.2, -0.15) is 0 Å². The monoisotopic (exact) mass is 385 g/mol. The van der Waals surface area contributed by atoms with Crippen LogP contribution in [-0.4, -0.2) is 40.1 Å². The third kappa shape index (κ3) is 7.80. The molecular formula is C22H27NO5. The highest BCUT2D eigenvalue weighted by Gasteiger charge is 2.10. The summed E-state index contributed by atoms with van der Waals surface area (Å²) in [5, 5.41) is 14.8. The van der Waals surface area contributed by atoms with Crippen LogP contribution in [0.15, 0.2) is 48.5 Å². The van der Waals surface area contributed by atoms with Gasteiger partial charge in [-0.15, -0.1) is 0 Å². The predicted octanol–water partition coefficient (Wildman–Crippen LogP) is 3.72. The highest BCUT2D eigenvalue weighted by Crippen LogP contribution is 2.16. The van der Waals surface area contributed by atoms with E-state index in [1.807, 2.05) is 12.1 Å². The molecule has 0 bridgehead atoms. The molecule has 6 heteroatoms. The summed E-state index contributed by atoms with van der Waals surface area (Å²) in [4.78, 5) is 20.8. The van der Waals surface area contributed by atoms with Crippen molar-refractivity contribution in [3.05, 3.63) is 65.2 Å². The SMILES string of the molecule is Cc1cccc(OCc2ccc(CN3CCCCC3)cc2)c1.O=C(O)C(=O)O. The van der Waals surface area contributed by atoms with Crippen LogP contribution < -0.4 is 4.74 Å². The van der Waals surface area contributed by atoms with Gasteiger partial charge in [0.15, 0.2) is 0 Å². The second kappa shape index (κ2) is 11.1. The first-order chi connectivity index (χ1) is 13.4. The van der Waals surface area contributed by atoms with Crippen LogP contribution in [0.5, 0.6) is 5.75 Å². The van der Waals surface area contributed by atoms with Gasteiger partial charge in [-0.25, -0.2) is 9.59 Å². The first-order valence-corrected chi connectivity index (χ1v) is 9.40. The number of carboxylic acid groups (broad SMARTS) is 2. The van der Waals surface area contributed by atoms with Gasteiger partial charge < -0.3 is 14.9 Å². The van der Waals surface area contributed by atoms with Gasteiger partial charge in [-0.05, 0) is 61.7 Å². The molecule has 0 radical (unpaired) electrons. The highest BCUT2D eigenvalue weighted by atomic mass is 16.5. The summed E-state index contributed by atoms with van der Waals surface area (Å²) >= 11 is 0. The van der Waals surface area contributed by atoms with Crippen molar-refractivity contribution in [2.75, 3.05) is 13.1 Å². The lowest BCUT2D eigenvalue weighted by atomic mass is 10.1. The molecule has 1 aliphatic rings. The molecule has 0 aromatic heterocycles. The van der Waals surface area contributed by atoms with E-state index in [1.54, 1.807) is 0 Å². The summed E-state index contributed by atoms with van der Waals surface area (Å²) in [6.07, 6.45) is 4.09. The number of aliphatic carboxylic acids is 2. The van der Waals surface area contributed by atoms with Crippen LogP contribution in [-0.2, 0) is 22.7 Å². The number of likely N-dealkylation sites (tertiary alicyclic amines) is 1. The Hall–Kier alpha value is -2.86. The van der Waals surface area contributed by atoms with E-state index >= 15 is 0 Å². The van der Waals surface area contributed by atoms with E-state index in [9.17, 15) is 0 Å². The number of aryl methyl sites for hydroxylation is 1. The lowest BCUT2D eigenvalue weighted by Gasteiger charge is -2.26. The average molecular weight is 385 g/mol. The van der Waals surface area contributed by atoms with E-state index in [1.165, 1.54) is 49.0 Å². The lowest BCUT2D eigenvalue weighted by molar-refractivity contribution is -0.159. The second-order valence-corrected chi connectivity index (χ2v) is 6.87. The molecule has 0 unspecified atom stereocenters. The zero-order valence-corrected chi connectivity index (χ0v) is 16.1. The first kappa shape index (κ1) is 21.4. The third-order valence-electron chi connectivity index (χ3n) is 4.46. The fraction of sp³-hybridized carbons (Fsp3) is 0.364. The molecule has 1 heterocycles. The molecule has 2 aromatic rings. The van der Waals surface area contributed by atoms with E-state index in [0.29, 0.717) is 6.61 Å². The number of nitrogens with zero attached hydrogens (tertiary/aromatic N) is 1. The molecule has 6 nitrogen and oxygen atoms in total. The van der Waals surface area contributed by atoms with Gasteiger partial charge in [0.25, 0.3) is 0 Å². The molecule has 150 valence electrons. The van der Waals surface area contributed by atoms with E-state index in [0.717, 1.165) is 12.3 Å². The summed E-state index contributed by atoms with van der Waals surface area (Å²) in [5.74, 6) is -2.71. The molecule has 0 spiro atoms. The Kier molecular flexibility index (Phi) is 8.49. The molecular weight excluding hydrogens is 358 g/mol. The van der Waals surface area contributed by atoms with Crippen molar-refractivity contribution in [3.63, 3.8) is 0 Å². The smallest absolute Gasteiger partial charge is 0.414 e. The van der Waals surface area contributed by atoms with E-state index in [2.05, 4.69) is 48.2 Å². The second-order valence-electron chi connectivity index (χ2n) is 6.87. The molecule has 0 saturated carbocycles. The minimum atomic E-state index is -1.82. The third-order valence-corrected chi connectivity index (χ3v) is 4.46. The summed E-state index contributed by atoms with van der Waals surface area (Å²) < 4.78 is 5.85. The van der Waals surface area contributed by atoms with Crippen molar-refractivity contribution in [2.24, 2.45) is 0 Å². The van der Waals surface area contributed by atoms with Crippen molar-refractivity contribution in [3.8, 4) is 5.75 Å². The number of carboxylic acids is 2. The summed E-state index contributed by atoms with van der Waals surface area (Å²) in [5.41, 5.74) is 3.86. The Balaban J connectivity index is 0.000000409. The molecule has 28 heavy (non-hydrogen) atoms. The molecule has 1 aliphatic heterocycles. The van der Waals surface area contributed by atoms with Crippen LogP contribution in [0.3, 0.4) is 0 Å². The van der Waals surface area contributed by atoms with Crippen LogP contribution in [0.2, 0.25) is 0 Å². The number of ether oxygens (including phenoxy) is 1. The molecule has 0 amide bonds. The summed E-state index contributed by atoms with van der Waals surface area (Å²) in [6, 6.07) is 17.1. The first-order valence-electron chi connectivity index (χ1n) is 9.40. The molecule has 2 N–H and O–H groups in total. The maximum absolute atomic E-state index is 9.10. The fourth-order valence-electron chi connectivity index (χ4n) is 2.99. The Bertz CT molecular complexity index is 755. The molecule has 1 fully saturated rings. The van der Waals surface area contributed by atoms with Crippen LogP contribution in [0.4, 0.5) is 0 Å². The van der Waals surface area contributed by atoms with Crippen LogP contribution in [0.1, 0.15) is 36.0 Å². The number of benzene rings is 2. The minimum absolute atomic E-state index is 0.632. The van der Waals surface area contributed by atoms with Crippen molar-refractivity contribution in [2.45, 2.75) is 39.3 Å². The van der Waals surface area contributed by atoms with Gasteiger partial charge in [0, 0.05) is 6.54 Å². The van der Waals surface area contributed by atoms with Gasteiger partial charge in [0.05, 0.1) is 0 Å². The van der Waals surface area contributed by atoms with E-state index in [4.69, 9.17) is 24.5 Å². The van der Waals surface area contributed by atoms with Gasteiger partial charge in [0.1, 0.15) is 12.4 Å². The maximum Gasteiger partial charge on any atom is 0.414 e. The molecule has 1 saturated heterocycles. The molecule has 2 aromatic carbocycles. The number of rotatable bonds is 5. The van der Waals surface area contributed by atoms with Gasteiger partial charge in [-0.3, -0.25) is 4.90 Å². The van der Waals surface area contributed by atoms with Crippen molar-refractivity contribution in [1.29, 1.82) is 0 Å². The fourth-order valence-corrected chi connectivity index (χ4v) is 2.99. The lowest BCUT2D eigenvalue weighted by Crippen LogP contribution is -2.29. The van der Waals surface area contributed by atoms with Crippen molar-refractivity contribution < 1.29 is 24.5 Å². The van der Waals surface area contributed by atoms with Gasteiger partial charge >= 0.3 is 11.9 Å². The minimum Gasteiger partial charge on any atom is -0.489 e. The van der Waals surface area contributed by atoms with Gasteiger partial charge in [0.2, 0.25) is 0 Å². The number of hydrogen-bond donors (Lipinski definition) is 2. The predicted molar refractivity (Wildman–Crippen MR) is 106 cm³/mol. The van der Waals surface area contributed by atoms with Crippen molar-refractivity contribution >= 4 is 11.9 Å².